The maximum absolute atomic E-state index is 14.9. The predicted molar refractivity (Wildman–Crippen MR) is 105 cm³/mol. The number of nitrogens with zero attached hydrogens (tertiary/aromatic N) is 1. The molecule has 0 bridgehead atoms. The van der Waals surface area contributed by atoms with Gasteiger partial charge in [0.15, 0.2) is 0 Å². The highest BCUT2D eigenvalue weighted by Crippen LogP contribution is 2.43. The Labute approximate surface area is 168 Å². The van der Waals surface area contributed by atoms with Crippen LogP contribution in [0.15, 0.2) is 40.9 Å². The van der Waals surface area contributed by atoms with Crippen LogP contribution in [0.3, 0.4) is 0 Å². The van der Waals surface area contributed by atoms with Crippen LogP contribution in [0.25, 0.3) is 10.9 Å². The van der Waals surface area contributed by atoms with Gasteiger partial charge >= 0.3 is 0 Å². The van der Waals surface area contributed by atoms with Crippen molar-refractivity contribution in [2.24, 2.45) is 0 Å². The first-order valence-corrected chi connectivity index (χ1v) is 9.82. The van der Waals surface area contributed by atoms with Crippen LogP contribution in [0.2, 0.25) is 0 Å². The van der Waals surface area contributed by atoms with Gasteiger partial charge < -0.3 is 4.98 Å². The molecule has 148 valence electrons. The lowest BCUT2D eigenvalue weighted by Crippen LogP contribution is -2.47. The Hall–Kier alpha value is -1.86. The molecule has 2 aromatic carbocycles. The Kier molecular flexibility index (Phi) is 4.78. The summed E-state index contributed by atoms with van der Waals surface area (Å²) in [6.45, 7) is 2.05. The summed E-state index contributed by atoms with van der Waals surface area (Å²) >= 11 is 3.09. The molecule has 0 saturated carbocycles. The molecule has 1 N–H and O–H groups in total. The van der Waals surface area contributed by atoms with Gasteiger partial charge in [-0.3, -0.25) is 4.90 Å². The van der Waals surface area contributed by atoms with Gasteiger partial charge in [0.1, 0.15) is 11.6 Å². The smallest absolute Gasteiger partial charge is 0.257 e. The van der Waals surface area contributed by atoms with Gasteiger partial charge in [-0.1, -0.05) is 34.1 Å². The number of alkyl halides is 2. The Morgan fingerprint density at radius 1 is 1.18 bits per heavy atom. The van der Waals surface area contributed by atoms with Crippen LogP contribution in [-0.2, 0) is 6.42 Å². The zero-order valence-corrected chi connectivity index (χ0v) is 17.0. The summed E-state index contributed by atoms with van der Waals surface area (Å²) in [5.41, 5.74) is 2.11. The monoisotopic (exact) mass is 454 g/mol. The number of halogens is 5. The van der Waals surface area contributed by atoms with Crippen molar-refractivity contribution in [3.05, 3.63) is 69.3 Å². The van der Waals surface area contributed by atoms with E-state index in [0.29, 0.717) is 12.1 Å². The van der Waals surface area contributed by atoms with Gasteiger partial charge in [-0.15, -0.1) is 0 Å². The summed E-state index contributed by atoms with van der Waals surface area (Å²) in [5, 5.41) is 0.954. The van der Waals surface area contributed by atoms with Gasteiger partial charge in [0.2, 0.25) is 0 Å². The van der Waals surface area contributed by atoms with Gasteiger partial charge in [0, 0.05) is 39.6 Å². The number of nitrogens with one attached hydrogen (secondary N) is 1. The Bertz CT molecular complexity index is 1020. The molecule has 0 aliphatic carbocycles. The van der Waals surface area contributed by atoms with E-state index in [2.05, 4.69) is 20.9 Å². The second-order valence-electron chi connectivity index (χ2n) is 7.54. The lowest BCUT2D eigenvalue weighted by molar-refractivity contribution is -0.0374. The fourth-order valence-electron chi connectivity index (χ4n) is 4.20. The highest BCUT2D eigenvalue weighted by molar-refractivity contribution is 9.10. The summed E-state index contributed by atoms with van der Waals surface area (Å²) < 4.78 is 58.0. The number of para-hydroxylation sites is 1. The minimum absolute atomic E-state index is 0.216. The van der Waals surface area contributed by atoms with Crippen LogP contribution in [0.1, 0.15) is 36.7 Å². The lowest BCUT2D eigenvalue weighted by Gasteiger charge is -2.42. The van der Waals surface area contributed by atoms with E-state index >= 15 is 0 Å². The predicted octanol–water partition coefficient (Wildman–Crippen LogP) is 6.20. The number of benzene rings is 2. The zero-order valence-electron chi connectivity index (χ0n) is 15.4. The van der Waals surface area contributed by atoms with E-state index in [4.69, 9.17) is 0 Å². The highest BCUT2D eigenvalue weighted by atomic mass is 79.9. The van der Waals surface area contributed by atoms with Gasteiger partial charge in [-0.05, 0) is 37.1 Å². The van der Waals surface area contributed by atoms with Crippen molar-refractivity contribution in [2.45, 2.75) is 38.3 Å². The molecule has 1 aliphatic rings. The quantitative estimate of drug-likeness (QED) is 0.466. The van der Waals surface area contributed by atoms with Crippen LogP contribution >= 0.6 is 15.9 Å². The van der Waals surface area contributed by atoms with Crippen molar-refractivity contribution < 1.29 is 17.6 Å². The average Bonchev–Trinajstić information content (AvgIpc) is 2.94. The van der Waals surface area contributed by atoms with Gasteiger partial charge in [0.05, 0.1) is 12.6 Å². The molecule has 2 heterocycles. The Balaban J connectivity index is 1.98. The topological polar surface area (TPSA) is 19.0 Å². The molecular formula is C21H19BrF4N2. The number of hydrogen-bond donors (Lipinski definition) is 1. The van der Waals surface area contributed by atoms with E-state index in [1.54, 1.807) is 0 Å². The highest BCUT2D eigenvalue weighted by Gasteiger charge is 2.42. The molecule has 0 saturated heterocycles. The van der Waals surface area contributed by atoms with Crippen molar-refractivity contribution >= 4 is 26.8 Å². The summed E-state index contributed by atoms with van der Waals surface area (Å²) in [4.78, 5) is 4.73. The average molecular weight is 455 g/mol. The third kappa shape index (κ3) is 3.35. The van der Waals surface area contributed by atoms with Gasteiger partial charge in [-0.2, -0.15) is 0 Å². The summed E-state index contributed by atoms with van der Waals surface area (Å²) in [6, 6.07) is 8.63. The van der Waals surface area contributed by atoms with Crippen LogP contribution < -0.4 is 0 Å². The maximum atomic E-state index is 14.9. The fourth-order valence-corrected chi connectivity index (χ4v) is 4.60. The second-order valence-corrected chi connectivity index (χ2v) is 8.46. The molecule has 2 atom stereocenters. The van der Waals surface area contributed by atoms with E-state index in [-0.39, 0.29) is 16.1 Å². The van der Waals surface area contributed by atoms with Gasteiger partial charge in [0.25, 0.3) is 5.92 Å². The minimum atomic E-state index is -3.00. The van der Waals surface area contributed by atoms with Crippen molar-refractivity contribution in [3.8, 4) is 0 Å². The molecule has 2 nitrogen and oxygen atoms in total. The first-order chi connectivity index (χ1) is 13.2. The molecular weight excluding hydrogens is 436 g/mol. The summed E-state index contributed by atoms with van der Waals surface area (Å²) in [5.74, 6) is -4.53. The van der Waals surface area contributed by atoms with Crippen LogP contribution in [0.5, 0.6) is 0 Å². The Morgan fingerprint density at radius 3 is 2.46 bits per heavy atom. The van der Waals surface area contributed by atoms with E-state index in [0.717, 1.165) is 23.4 Å². The second kappa shape index (κ2) is 6.88. The molecule has 0 unspecified atom stereocenters. The standard InChI is InChI=1S/C21H19BrF4N2/c1-11-7-14-13-5-3-4-6-17(13)27-19(14)20(28(11)10-21(2,25)26)18-15(23)8-12(22)9-16(18)24/h3-6,8-9,11,20,27H,7,10H2,1-2H3/t11-,20-/m1/s1. The first-order valence-electron chi connectivity index (χ1n) is 9.03. The molecule has 0 fully saturated rings. The Morgan fingerprint density at radius 2 is 1.82 bits per heavy atom. The third-order valence-corrected chi connectivity index (χ3v) is 5.75. The van der Waals surface area contributed by atoms with Crippen molar-refractivity contribution in [3.63, 3.8) is 0 Å². The van der Waals surface area contributed by atoms with Crippen molar-refractivity contribution in [1.29, 1.82) is 0 Å². The van der Waals surface area contributed by atoms with E-state index in [1.165, 1.54) is 17.0 Å². The van der Waals surface area contributed by atoms with Crippen molar-refractivity contribution in [2.75, 3.05) is 6.54 Å². The molecule has 1 aliphatic heterocycles. The number of fused-ring (bicyclic) bond motifs is 3. The lowest BCUT2D eigenvalue weighted by atomic mass is 9.88. The molecule has 28 heavy (non-hydrogen) atoms. The molecule has 0 radical (unpaired) electrons. The molecule has 0 spiro atoms. The number of aromatic nitrogens is 1. The molecule has 7 heteroatoms. The molecule has 1 aromatic heterocycles. The molecule has 0 amide bonds. The first kappa shape index (κ1) is 19.5. The van der Waals surface area contributed by atoms with Gasteiger partial charge in [-0.25, -0.2) is 17.6 Å². The fraction of sp³-hybridized carbons (Fsp3) is 0.333. The number of H-pyrrole nitrogens is 1. The van der Waals surface area contributed by atoms with E-state index < -0.39 is 30.1 Å². The van der Waals surface area contributed by atoms with Crippen LogP contribution in [0, 0.1) is 11.6 Å². The van der Waals surface area contributed by atoms with Crippen LogP contribution in [0.4, 0.5) is 17.6 Å². The van der Waals surface area contributed by atoms with E-state index in [9.17, 15) is 17.6 Å². The summed E-state index contributed by atoms with van der Waals surface area (Å²) in [7, 11) is 0. The number of aromatic amines is 1. The number of hydrogen-bond acceptors (Lipinski definition) is 1. The summed E-state index contributed by atoms with van der Waals surface area (Å²) in [6.07, 6.45) is 0.520. The molecule has 4 rings (SSSR count). The maximum Gasteiger partial charge on any atom is 0.257 e. The number of rotatable bonds is 3. The van der Waals surface area contributed by atoms with E-state index in [1.807, 2.05) is 31.2 Å². The van der Waals surface area contributed by atoms with Crippen LogP contribution in [-0.4, -0.2) is 28.4 Å². The third-order valence-electron chi connectivity index (χ3n) is 5.29. The zero-order chi connectivity index (χ0) is 20.2. The minimum Gasteiger partial charge on any atom is -0.357 e. The normalized spacial score (nSPS) is 20.5. The molecule has 3 aromatic rings. The SMILES string of the molecule is C[C@@H]1Cc2c([nH]c3ccccc23)[C@@H](c2c(F)cc(Br)cc2F)N1CC(C)(F)F. The van der Waals surface area contributed by atoms with Crippen molar-refractivity contribution in [1.82, 2.24) is 9.88 Å². The largest absolute Gasteiger partial charge is 0.357 e.